The lowest BCUT2D eigenvalue weighted by Crippen LogP contribution is -2.47. The van der Waals surface area contributed by atoms with Crippen LogP contribution >= 0.6 is 34.8 Å². The van der Waals surface area contributed by atoms with Gasteiger partial charge in [-0.2, -0.15) is 13.2 Å². The van der Waals surface area contributed by atoms with Crippen LogP contribution in [0.2, 0.25) is 15.1 Å². The Balaban J connectivity index is 1.46. The van der Waals surface area contributed by atoms with Gasteiger partial charge in [-0.1, -0.05) is 71.2 Å². The number of likely N-dealkylation sites (tertiary alicyclic amines) is 1. The Morgan fingerprint density at radius 3 is 2.19 bits per heavy atom. The molecule has 0 spiro atoms. The predicted octanol–water partition coefficient (Wildman–Crippen LogP) is 8.44. The number of hydrogen-bond acceptors (Lipinski definition) is 4. The molecule has 6 nitrogen and oxygen atoms in total. The van der Waals surface area contributed by atoms with E-state index in [1.165, 1.54) is 34.7 Å². The number of anilines is 1. The molecule has 1 saturated heterocycles. The molecule has 2 amide bonds. The van der Waals surface area contributed by atoms with Gasteiger partial charge in [0, 0.05) is 18.1 Å². The summed E-state index contributed by atoms with van der Waals surface area (Å²) in [4.78, 5) is 33.8. The summed E-state index contributed by atoms with van der Waals surface area (Å²) < 4.78 is 39.5. The van der Waals surface area contributed by atoms with Gasteiger partial charge in [-0.15, -0.1) is 5.06 Å². The molecule has 0 aromatic heterocycles. The first-order valence-electron chi connectivity index (χ1n) is 13.8. The Morgan fingerprint density at radius 2 is 1.56 bits per heavy atom. The van der Waals surface area contributed by atoms with Crippen LogP contribution in [0.4, 0.5) is 23.7 Å². The largest absolute Gasteiger partial charge is 0.493 e. The lowest BCUT2D eigenvalue weighted by Gasteiger charge is -2.33. The van der Waals surface area contributed by atoms with Gasteiger partial charge in [-0.3, -0.25) is 0 Å². The van der Waals surface area contributed by atoms with Crippen LogP contribution < -0.4 is 5.06 Å². The van der Waals surface area contributed by atoms with E-state index in [1.54, 1.807) is 18.2 Å². The second kappa shape index (κ2) is 15.1. The number of urea groups is 1. The number of piperidine rings is 1. The van der Waals surface area contributed by atoms with E-state index < -0.39 is 18.2 Å². The van der Waals surface area contributed by atoms with Crippen molar-refractivity contribution in [2.24, 2.45) is 5.92 Å². The van der Waals surface area contributed by atoms with Crippen molar-refractivity contribution in [3.05, 3.63) is 99.0 Å². The smallest absolute Gasteiger partial charge is 0.323 e. The molecular formula is C31H31Cl3F3N3O3. The minimum atomic E-state index is -5.31. The molecule has 0 unspecified atom stereocenters. The molecule has 4 rings (SSSR count). The second-order valence-corrected chi connectivity index (χ2v) is 11.7. The van der Waals surface area contributed by atoms with Gasteiger partial charge in [-0.05, 0) is 98.8 Å². The van der Waals surface area contributed by atoms with E-state index >= 15 is 0 Å². The number of halogens is 6. The minimum Gasteiger partial charge on any atom is -0.323 e. The van der Waals surface area contributed by atoms with Gasteiger partial charge in [-0.25, -0.2) is 9.59 Å². The van der Waals surface area contributed by atoms with E-state index in [2.05, 4.69) is 21.9 Å². The molecule has 1 aliphatic rings. The van der Waals surface area contributed by atoms with E-state index in [0.29, 0.717) is 39.6 Å². The Labute approximate surface area is 263 Å². The number of benzene rings is 3. The molecule has 0 N–H and O–H groups in total. The normalized spacial score (nSPS) is 14.4. The maximum absolute atomic E-state index is 13.7. The zero-order valence-corrected chi connectivity index (χ0v) is 25.5. The van der Waals surface area contributed by atoms with Crippen molar-refractivity contribution >= 4 is 52.5 Å². The van der Waals surface area contributed by atoms with Crippen molar-refractivity contribution in [2.75, 3.05) is 31.2 Å². The Hall–Kier alpha value is -2.98. The maximum atomic E-state index is 13.7. The number of nitrogens with zero attached hydrogens (tertiary/aromatic N) is 3. The third-order valence-electron chi connectivity index (χ3n) is 7.25. The third kappa shape index (κ3) is 9.76. The summed E-state index contributed by atoms with van der Waals surface area (Å²) in [5.41, 5.74) is 1.84. The third-order valence-corrected chi connectivity index (χ3v) is 8.24. The highest BCUT2D eigenvalue weighted by Gasteiger charge is 2.44. The molecule has 1 fully saturated rings. The highest BCUT2D eigenvalue weighted by atomic mass is 35.5. The van der Waals surface area contributed by atoms with Crippen LogP contribution in [0.3, 0.4) is 0 Å². The average molecular weight is 657 g/mol. The number of alkyl halides is 3. The van der Waals surface area contributed by atoms with Crippen molar-refractivity contribution in [1.29, 1.82) is 0 Å². The number of carbonyl (C=O) groups is 2. The van der Waals surface area contributed by atoms with Crippen LogP contribution in [0, 0.1) is 5.92 Å². The lowest BCUT2D eigenvalue weighted by molar-refractivity contribution is -0.200. The number of carbonyl (C=O) groups excluding carboxylic acids is 2. The van der Waals surface area contributed by atoms with Gasteiger partial charge >= 0.3 is 18.2 Å². The number of amides is 2. The molecule has 1 heterocycles. The van der Waals surface area contributed by atoms with Crippen LogP contribution in [-0.4, -0.2) is 54.2 Å². The molecule has 3 aromatic rings. The van der Waals surface area contributed by atoms with Gasteiger partial charge in [0.1, 0.15) is 0 Å². The van der Waals surface area contributed by atoms with Crippen molar-refractivity contribution in [1.82, 2.24) is 9.80 Å². The molecule has 0 saturated carbocycles. The summed E-state index contributed by atoms with van der Waals surface area (Å²) in [5, 5.41) is 1.22. The van der Waals surface area contributed by atoms with E-state index in [-0.39, 0.29) is 23.8 Å². The summed E-state index contributed by atoms with van der Waals surface area (Å²) >= 11 is 18.2. The topological polar surface area (TPSA) is 53.1 Å². The van der Waals surface area contributed by atoms with Gasteiger partial charge in [0.05, 0.1) is 15.7 Å². The number of hydrogen-bond donors (Lipinski definition) is 0. The Morgan fingerprint density at radius 1 is 0.884 bits per heavy atom. The average Bonchev–Trinajstić information content (AvgIpc) is 2.98. The molecule has 230 valence electrons. The zero-order chi connectivity index (χ0) is 31.0. The fourth-order valence-electron chi connectivity index (χ4n) is 4.99. The highest BCUT2D eigenvalue weighted by Crippen LogP contribution is 2.27. The summed E-state index contributed by atoms with van der Waals surface area (Å²) in [5.74, 6) is -1.92. The molecule has 43 heavy (non-hydrogen) atoms. The molecule has 0 atom stereocenters. The zero-order valence-electron chi connectivity index (χ0n) is 23.2. The van der Waals surface area contributed by atoms with Crippen molar-refractivity contribution in [3.63, 3.8) is 0 Å². The Kier molecular flexibility index (Phi) is 11.6. The van der Waals surface area contributed by atoms with Crippen molar-refractivity contribution in [3.8, 4) is 0 Å². The van der Waals surface area contributed by atoms with Crippen molar-refractivity contribution in [2.45, 2.75) is 38.4 Å². The summed E-state index contributed by atoms with van der Waals surface area (Å²) in [6.07, 6.45) is -1.63. The molecule has 0 bridgehead atoms. The monoisotopic (exact) mass is 655 g/mol. The van der Waals surface area contributed by atoms with Crippen LogP contribution in [-0.2, 0) is 22.6 Å². The van der Waals surface area contributed by atoms with Gasteiger partial charge in [0.15, 0.2) is 0 Å². The molecule has 0 aliphatic carbocycles. The van der Waals surface area contributed by atoms with Crippen LogP contribution in [0.1, 0.15) is 30.4 Å². The molecular weight excluding hydrogens is 626 g/mol. The first-order chi connectivity index (χ1) is 20.5. The lowest BCUT2D eigenvalue weighted by atomic mass is 9.90. The van der Waals surface area contributed by atoms with Crippen LogP contribution in [0.25, 0.3) is 0 Å². The standard InChI is InChI=1S/C31H31Cl3F3N3O3/c32-25-8-10-26(11-9-25)40(43-29(41)31(35,36)37)30(42)39(21-24-7-12-27(33)28(34)20-24)16-4-15-38-17-13-23(14-18-38)19-22-5-2-1-3-6-22/h1-3,5-12,20,23H,4,13-19,21H2. The quantitative estimate of drug-likeness (QED) is 0.217. The number of rotatable bonds is 9. The van der Waals surface area contributed by atoms with E-state index in [4.69, 9.17) is 34.8 Å². The summed E-state index contributed by atoms with van der Waals surface area (Å²) in [6.45, 7) is 2.68. The first kappa shape index (κ1) is 32.9. The van der Waals surface area contributed by atoms with Crippen LogP contribution in [0.5, 0.6) is 0 Å². The van der Waals surface area contributed by atoms with E-state index in [0.717, 1.165) is 32.4 Å². The second-order valence-electron chi connectivity index (χ2n) is 10.4. The molecule has 1 aliphatic heterocycles. The van der Waals surface area contributed by atoms with Gasteiger partial charge in [0.25, 0.3) is 0 Å². The van der Waals surface area contributed by atoms with E-state index in [1.807, 2.05) is 18.2 Å². The maximum Gasteiger partial charge on any atom is 0.493 e. The Bertz CT molecular complexity index is 1370. The SMILES string of the molecule is O=C(N(CCCN1CCC(Cc2ccccc2)CC1)Cc1ccc(Cl)c(Cl)c1)N(OC(=O)C(F)(F)F)c1ccc(Cl)cc1. The fourth-order valence-corrected chi connectivity index (χ4v) is 5.44. The molecule has 3 aromatic carbocycles. The van der Waals surface area contributed by atoms with E-state index in [9.17, 15) is 22.8 Å². The first-order valence-corrected chi connectivity index (χ1v) is 15.0. The van der Waals surface area contributed by atoms with Gasteiger partial charge in [0.2, 0.25) is 0 Å². The number of hydroxylamine groups is 1. The summed E-state index contributed by atoms with van der Waals surface area (Å²) in [6, 6.07) is 19.6. The van der Waals surface area contributed by atoms with Crippen molar-refractivity contribution < 1.29 is 27.6 Å². The molecule has 12 heteroatoms. The van der Waals surface area contributed by atoms with Crippen LogP contribution in [0.15, 0.2) is 72.8 Å². The minimum absolute atomic E-state index is 0.0114. The van der Waals surface area contributed by atoms with Gasteiger partial charge < -0.3 is 14.6 Å². The predicted molar refractivity (Wildman–Crippen MR) is 162 cm³/mol. The summed E-state index contributed by atoms with van der Waals surface area (Å²) in [7, 11) is 0. The molecule has 0 radical (unpaired) electrons. The fraction of sp³-hybridized carbons (Fsp3) is 0.355. The highest BCUT2D eigenvalue weighted by molar-refractivity contribution is 6.42.